The van der Waals surface area contributed by atoms with E-state index in [0.717, 1.165) is 12.8 Å². The molecule has 1 saturated heterocycles. The summed E-state index contributed by atoms with van der Waals surface area (Å²) >= 11 is 0. The van der Waals surface area contributed by atoms with Crippen LogP contribution in [0.3, 0.4) is 0 Å². The maximum absolute atomic E-state index is 13.9. The number of alkyl halides is 1. The highest BCUT2D eigenvalue weighted by molar-refractivity contribution is 5.82. The summed E-state index contributed by atoms with van der Waals surface area (Å²) in [7, 11) is 0. The van der Waals surface area contributed by atoms with E-state index in [9.17, 15) is 19.4 Å². The van der Waals surface area contributed by atoms with Gasteiger partial charge in [0.25, 0.3) is 0 Å². The number of hydrogen-bond donors (Lipinski definition) is 3. The van der Waals surface area contributed by atoms with Crippen LogP contribution in [0.5, 0.6) is 0 Å². The van der Waals surface area contributed by atoms with Crippen molar-refractivity contribution in [1.29, 1.82) is 0 Å². The second-order valence-electron chi connectivity index (χ2n) is 5.93. The lowest BCUT2D eigenvalue weighted by molar-refractivity contribution is -0.146. The average Bonchev–Trinajstić information content (AvgIpc) is 2.54. The van der Waals surface area contributed by atoms with E-state index in [0.29, 0.717) is 13.1 Å². The quantitative estimate of drug-likeness (QED) is 0.712. The van der Waals surface area contributed by atoms with Crippen molar-refractivity contribution in [3.05, 3.63) is 35.9 Å². The molecule has 1 aromatic rings. The largest absolute Gasteiger partial charge is 0.389 e. The zero-order valence-electron chi connectivity index (χ0n) is 13.4. The number of rotatable bonds is 6. The molecule has 128 valence electrons. The molecule has 3 N–H and O–H groups in total. The molecule has 0 radical (unpaired) electrons. The second kappa shape index (κ2) is 8.38. The van der Waals surface area contributed by atoms with E-state index in [1.54, 1.807) is 11.8 Å². The number of aliphatic hydroxyl groups excluding tert-OH is 2. The minimum absolute atomic E-state index is 0.0504. The van der Waals surface area contributed by atoms with Crippen molar-refractivity contribution in [2.45, 2.75) is 44.2 Å². The standard InChI is InChI=1S/C17H25FN2O3/c1-2-19-17(23)15-16(22)14(18)13(21)11-20(15)10-6-9-12-7-4-3-5-8-12/h3-5,7-8,13-16,21-22H,2,6,9-11H2,1H3,(H,19,23)/t13-,14+,15+,16+/m1/s1. The number of β-amino-alcohol motifs (C(OH)–C–C–N with tert-alkyl or cyclic N) is 1. The molecule has 23 heavy (non-hydrogen) atoms. The molecular formula is C17H25FN2O3. The first kappa shape index (κ1) is 17.8. The fourth-order valence-electron chi connectivity index (χ4n) is 3.03. The van der Waals surface area contributed by atoms with Gasteiger partial charge in [0.05, 0.1) is 0 Å². The van der Waals surface area contributed by atoms with Gasteiger partial charge in [-0.05, 0) is 31.9 Å². The minimum atomic E-state index is -1.80. The van der Waals surface area contributed by atoms with E-state index in [1.807, 2.05) is 30.3 Å². The number of halogens is 1. The van der Waals surface area contributed by atoms with Crippen molar-refractivity contribution < 1.29 is 19.4 Å². The Balaban J connectivity index is 1.99. The zero-order valence-corrected chi connectivity index (χ0v) is 13.4. The van der Waals surface area contributed by atoms with Crippen LogP contribution in [0.25, 0.3) is 0 Å². The number of carbonyl (C=O) groups is 1. The highest BCUT2D eigenvalue weighted by Crippen LogP contribution is 2.22. The first-order chi connectivity index (χ1) is 11.0. The number of aliphatic hydroxyl groups is 2. The number of amides is 1. The molecule has 0 aliphatic carbocycles. The van der Waals surface area contributed by atoms with Gasteiger partial charge in [-0.25, -0.2) is 4.39 Å². The van der Waals surface area contributed by atoms with Gasteiger partial charge in [-0.2, -0.15) is 0 Å². The Bertz CT molecular complexity index is 500. The zero-order chi connectivity index (χ0) is 16.8. The molecule has 1 heterocycles. The molecule has 0 saturated carbocycles. The smallest absolute Gasteiger partial charge is 0.240 e. The van der Waals surface area contributed by atoms with Gasteiger partial charge in [-0.15, -0.1) is 0 Å². The molecule has 2 rings (SSSR count). The van der Waals surface area contributed by atoms with Crippen LogP contribution in [0.2, 0.25) is 0 Å². The Morgan fingerprint density at radius 3 is 2.70 bits per heavy atom. The molecule has 1 aliphatic rings. The van der Waals surface area contributed by atoms with Crippen LogP contribution >= 0.6 is 0 Å². The number of hydrogen-bond acceptors (Lipinski definition) is 4. The highest BCUT2D eigenvalue weighted by atomic mass is 19.1. The summed E-state index contributed by atoms with van der Waals surface area (Å²) in [6.07, 6.45) is -3.00. The lowest BCUT2D eigenvalue weighted by Gasteiger charge is -2.42. The van der Waals surface area contributed by atoms with Gasteiger partial charge in [-0.1, -0.05) is 30.3 Å². The average molecular weight is 324 g/mol. The van der Waals surface area contributed by atoms with Crippen LogP contribution in [0, 0.1) is 0 Å². The molecule has 1 aliphatic heterocycles. The molecule has 6 heteroatoms. The van der Waals surface area contributed by atoms with Crippen LogP contribution in [0.4, 0.5) is 4.39 Å². The fourth-order valence-corrected chi connectivity index (χ4v) is 3.03. The Morgan fingerprint density at radius 2 is 2.04 bits per heavy atom. The molecule has 1 amide bonds. The lowest BCUT2D eigenvalue weighted by atomic mass is 9.93. The molecule has 0 bridgehead atoms. The fraction of sp³-hybridized carbons (Fsp3) is 0.588. The maximum Gasteiger partial charge on any atom is 0.240 e. The first-order valence-electron chi connectivity index (χ1n) is 8.10. The molecule has 0 aromatic heterocycles. The van der Waals surface area contributed by atoms with Crippen molar-refractivity contribution >= 4 is 5.91 Å². The predicted molar refractivity (Wildman–Crippen MR) is 85.7 cm³/mol. The van der Waals surface area contributed by atoms with Crippen molar-refractivity contribution in [3.63, 3.8) is 0 Å². The number of benzene rings is 1. The van der Waals surface area contributed by atoms with Crippen LogP contribution in [-0.2, 0) is 11.2 Å². The van der Waals surface area contributed by atoms with Crippen LogP contribution in [0.1, 0.15) is 18.9 Å². The van der Waals surface area contributed by atoms with Gasteiger partial charge in [0.1, 0.15) is 18.2 Å². The van der Waals surface area contributed by atoms with Gasteiger partial charge in [0.2, 0.25) is 5.91 Å². The number of likely N-dealkylation sites (tertiary alicyclic amines) is 1. The third-order valence-corrected chi connectivity index (χ3v) is 4.21. The van der Waals surface area contributed by atoms with E-state index in [-0.39, 0.29) is 6.54 Å². The molecular weight excluding hydrogens is 299 g/mol. The van der Waals surface area contributed by atoms with Crippen LogP contribution in [0.15, 0.2) is 30.3 Å². The number of aryl methyl sites for hydroxylation is 1. The lowest BCUT2D eigenvalue weighted by Crippen LogP contribution is -2.64. The van der Waals surface area contributed by atoms with Crippen molar-refractivity contribution in [1.82, 2.24) is 10.2 Å². The van der Waals surface area contributed by atoms with Gasteiger partial charge in [0.15, 0.2) is 6.17 Å². The van der Waals surface area contributed by atoms with E-state index < -0.39 is 30.3 Å². The summed E-state index contributed by atoms with van der Waals surface area (Å²) in [6.45, 7) is 2.75. The van der Waals surface area contributed by atoms with Crippen molar-refractivity contribution in [2.75, 3.05) is 19.6 Å². The number of carbonyl (C=O) groups excluding carboxylic acids is 1. The van der Waals surface area contributed by atoms with Crippen molar-refractivity contribution in [2.24, 2.45) is 0 Å². The monoisotopic (exact) mass is 324 g/mol. The summed E-state index contributed by atoms with van der Waals surface area (Å²) in [4.78, 5) is 13.8. The minimum Gasteiger partial charge on any atom is -0.389 e. The Labute approximate surface area is 136 Å². The molecule has 5 nitrogen and oxygen atoms in total. The first-order valence-corrected chi connectivity index (χ1v) is 8.10. The number of piperidine rings is 1. The Hall–Kier alpha value is -1.50. The van der Waals surface area contributed by atoms with Crippen molar-refractivity contribution in [3.8, 4) is 0 Å². The van der Waals surface area contributed by atoms with Crippen LogP contribution < -0.4 is 5.32 Å². The van der Waals surface area contributed by atoms with E-state index in [4.69, 9.17) is 0 Å². The highest BCUT2D eigenvalue weighted by Gasteiger charge is 2.45. The topological polar surface area (TPSA) is 72.8 Å². The Morgan fingerprint density at radius 1 is 1.35 bits per heavy atom. The predicted octanol–water partition coefficient (Wildman–Crippen LogP) is 0.499. The second-order valence-corrected chi connectivity index (χ2v) is 5.93. The third kappa shape index (κ3) is 4.50. The third-order valence-electron chi connectivity index (χ3n) is 4.21. The molecule has 1 aromatic carbocycles. The van der Waals surface area contributed by atoms with E-state index in [2.05, 4.69) is 5.32 Å². The number of likely N-dealkylation sites (N-methyl/N-ethyl adjacent to an activating group) is 1. The van der Waals surface area contributed by atoms with Gasteiger partial charge in [0, 0.05) is 13.1 Å². The van der Waals surface area contributed by atoms with E-state index >= 15 is 0 Å². The summed E-state index contributed by atoms with van der Waals surface area (Å²) in [5.41, 5.74) is 1.18. The summed E-state index contributed by atoms with van der Waals surface area (Å²) < 4.78 is 13.9. The number of nitrogens with zero attached hydrogens (tertiary/aromatic N) is 1. The maximum atomic E-state index is 13.9. The van der Waals surface area contributed by atoms with E-state index in [1.165, 1.54) is 5.56 Å². The van der Waals surface area contributed by atoms with Gasteiger partial charge < -0.3 is 15.5 Å². The molecule has 1 fully saturated rings. The Kier molecular flexibility index (Phi) is 6.50. The number of nitrogens with one attached hydrogen (secondary N) is 1. The SMILES string of the molecule is CCNC(=O)[C@@H]1[C@@H](O)[C@@H](F)[C@H](O)CN1CCCc1ccccc1. The van der Waals surface area contributed by atoms with Gasteiger partial charge >= 0.3 is 0 Å². The molecule has 4 atom stereocenters. The molecule has 0 unspecified atom stereocenters. The summed E-state index contributed by atoms with van der Waals surface area (Å²) in [5, 5.41) is 22.4. The van der Waals surface area contributed by atoms with Crippen LogP contribution in [-0.4, -0.2) is 65.1 Å². The summed E-state index contributed by atoms with van der Waals surface area (Å²) in [6, 6.07) is 8.98. The molecule has 0 spiro atoms. The van der Waals surface area contributed by atoms with Gasteiger partial charge in [-0.3, -0.25) is 9.69 Å². The summed E-state index contributed by atoms with van der Waals surface area (Å²) in [5.74, 6) is -0.394. The normalized spacial score (nSPS) is 28.5.